The minimum absolute atomic E-state index is 0.0672. The fourth-order valence-electron chi connectivity index (χ4n) is 2.38. The Bertz CT molecular complexity index is 465. The maximum Gasteiger partial charge on any atom is 0.255 e. The monoisotopic (exact) mass is 389 g/mol. The van der Waals surface area contributed by atoms with Crippen LogP contribution in [0.25, 0.3) is 0 Å². The predicted molar refractivity (Wildman–Crippen MR) is 83.1 cm³/mol. The molecule has 2 rings (SSSR count). The topological polar surface area (TPSA) is 38.3 Å². The van der Waals surface area contributed by atoms with Crippen molar-refractivity contribution in [1.29, 1.82) is 0 Å². The Kier molecular flexibility index (Phi) is 5.28. The quantitative estimate of drug-likeness (QED) is 0.795. The molecule has 0 aliphatic heterocycles. The maximum absolute atomic E-state index is 12.2. The molecule has 0 spiro atoms. The first-order valence-electron chi connectivity index (χ1n) is 6.36. The summed E-state index contributed by atoms with van der Waals surface area (Å²) >= 11 is 6.99. The lowest BCUT2D eigenvalue weighted by Crippen LogP contribution is -2.28. The van der Waals surface area contributed by atoms with Crippen LogP contribution in [0.5, 0.6) is 5.75 Å². The van der Waals surface area contributed by atoms with Gasteiger partial charge in [0.1, 0.15) is 5.75 Å². The van der Waals surface area contributed by atoms with E-state index in [4.69, 9.17) is 4.74 Å². The van der Waals surface area contributed by atoms with Crippen LogP contribution < -0.4 is 10.1 Å². The van der Waals surface area contributed by atoms with E-state index in [-0.39, 0.29) is 5.91 Å². The number of benzene rings is 1. The number of hydrogen-bond donors (Lipinski definition) is 1. The highest BCUT2D eigenvalue weighted by Gasteiger charge is 2.23. The highest BCUT2D eigenvalue weighted by atomic mass is 79.9. The smallest absolute Gasteiger partial charge is 0.255 e. The second kappa shape index (κ2) is 6.75. The van der Waals surface area contributed by atoms with Gasteiger partial charge in [0.2, 0.25) is 0 Å². The SMILES string of the molecule is COc1cc(Br)ccc1C(=O)NCC1CCC(Br)C1. The minimum atomic E-state index is -0.0672. The maximum atomic E-state index is 12.2. The predicted octanol–water partition coefficient (Wildman–Crippen LogP) is 3.75. The van der Waals surface area contributed by atoms with Crippen molar-refractivity contribution in [3.05, 3.63) is 28.2 Å². The molecule has 2 atom stereocenters. The Labute approximate surface area is 130 Å². The Morgan fingerprint density at radius 1 is 1.47 bits per heavy atom. The van der Waals surface area contributed by atoms with Crippen molar-refractivity contribution in [2.45, 2.75) is 24.1 Å². The van der Waals surface area contributed by atoms with Crippen molar-refractivity contribution in [2.75, 3.05) is 13.7 Å². The average molecular weight is 391 g/mol. The number of carbonyl (C=O) groups is 1. The number of rotatable bonds is 4. The average Bonchev–Trinajstić information content (AvgIpc) is 2.81. The van der Waals surface area contributed by atoms with Crippen LogP contribution >= 0.6 is 31.9 Å². The van der Waals surface area contributed by atoms with Crippen molar-refractivity contribution in [2.24, 2.45) is 5.92 Å². The molecule has 0 saturated heterocycles. The van der Waals surface area contributed by atoms with Crippen LogP contribution in [0.3, 0.4) is 0 Å². The molecule has 1 saturated carbocycles. The highest BCUT2D eigenvalue weighted by Crippen LogP contribution is 2.30. The molecule has 0 bridgehead atoms. The minimum Gasteiger partial charge on any atom is -0.496 e. The van der Waals surface area contributed by atoms with Gasteiger partial charge in [-0.25, -0.2) is 0 Å². The Morgan fingerprint density at radius 3 is 2.89 bits per heavy atom. The van der Waals surface area contributed by atoms with Gasteiger partial charge in [0.15, 0.2) is 0 Å². The summed E-state index contributed by atoms with van der Waals surface area (Å²) < 4.78 is 6.14. The largest absolute Gasteiger partial charge is 0.496 e. The molecule has 1 fully saturated rings. The second-order valence-corrected chi connectivity index (χ2v) is 7.04. The zero-order valence-corrected chi connectivity index (χ0v) is 14.0. The summed E-state index contributed by atoms with van der Waals surface area (Å²) in [5, 5.41) is 3.00. The molecule has 3 nitrogen and oxygen atoms in total. The summed E-state index contributed by atoms with van der Waals surface area (Å²) in [6, 6.07) is 5.43. The first-order valence-corrected chi connectivity index (χ1v) is 8.07. The van der Waals surface area contributed by atoms with Gasteiger partial charge in [-0.15, -0.1) is 0 Å². The zero-order chi connectivity index (χ0) is 13.8. The fourth-order valence-corrected chi connectivity index (χ4v) is 3.52. The number of alkyl halides is 1. The molecule has 1 N–H and O–H groups in total. The number of amides is 1. The number of methoxy groups -OCH3 is 1. The third kappa shape index (κ3) is 3.96. The van der Waals surface area contributed by atoms with E-state index < -0.39 is 0 Å². The van der Waals surface area contributed by atoms with E-state index in [1.807, 2.05) is 6.07 Å². The lowest BCUT2D eigenvalue weighted by atomic mass is 10.1. The van der Waals surface area contributed by atoms with Crippen molar-refractivity contribution in [3.8, 4) is 5.75 Å². The van der Waals surface area contributed by atoms with Gasteiger partial charge in [-0.05, 0) is 43.4 Å². The molecule has 1 amide bonds. The lowest BCUT2D eigenvalue weighted by Gasteiger charge is -2.13. The van der Waals surface area contributed by atoms with Crippen LogP contribution in [0.2, 0.25) is 0 Å². The van der Waals surface area contributed by atoms with E-state index in [1.54, 1.807) is 19.2 Å². The number of nitrogens with one attached hydrogen (secondary N) is 1. The van der Waals surface area contributed by atoms with Gasteiger partial charge < -0.3 is 10.1 Å². The first kappa shape index (κ1) is 14.9. The van der Waals surface area contributed by atoms with Crippen LogP contribution in [0, 0.1) is 5.92 Å². The molecule has 0 radical (unpaired) electrons. The summed E-state index contributed by atoms with van der Waals surface area (Å²) in [4.78, 5) is 12.8. The van der Waals surface area contributed by atoms with Gasteiger partial charge in [0, 0.05) is 15.8 Å². The summed E-state index contributed by atoms with van der Waals surface area (Å²) in [6.07, 6.45) is 3.51. The van der Waals surface area contributed by atoms with E-state index in [0.717, 1.165) is 17.4 Å². The van der Waals surface area contributed by atoms with Gasteiger partial charge in [-0.2, -0.15) is 0 Å². The van der Waals surface area contributed by atoms with E-state index in [0.29, 0.717) is 22.1 Å². The third-order valence-electron chi connectivity index (χ3n) is 3.44. The molecule has 0 heterocycles. The third-order valence-corrected chi connectivity index (χ3v) is 4.76. The number of hydrogen-bond acceptors (Lipinski definition) is 2. The fraction of sp³-hybridized carbons (Fsp3) is 0.500. The van der Waals surface area contributed by atoms with Crippen LogP contribution in [-0.2, 0) is 0 Å². The number of carbonyl (C=O) groups excluding carboxylic acids is 1. The van der Waals surface area contributed by atoms with Crippen molar-refractivity contribution in [1.82, 2.24) is 5.32 Å². The van der Waals surface area contributed by atoms with Gasteiger partial charge in [-0.3, -0.25) is 4.79 Å². The van der Waals surface area contributed by atoms with E-state index in [2.05, 4.69) is 37.2 Å². The number of ether oxygens (including phenoxy) is 1. The molecule has 5 heteroatoms. The van der Waals surface area contributed by atoms with E-state index in [1.165, 1.54) is 12.8 Å². The standard InChI is InChI=1S/C14H17Br2NO2/c1-19-13-7-11(16)4-5-12(13)14(18)17-8-9-2-3-10(15)6-9/h4-5,7,9-10H,2-3,6,8H2,1H3,(H,17,18). The Balaban J connectivity index is 1.96. The summed E-state index contributed by atoms with van der Waals surface area (Å²) in [5.74, 6) is 1.11. The van der Waals surface area contributed by atoms with Crippen molar-refractivity contribution in [3.63, 3.8) is 0 Å². The van der Waals surface area contributed by atoms with Crippen LogP contribution in [0.4, 0.5) is 0 Å². The molecule has 104 valence electrons. The van der Waals surface area contributed by atoms with Crippen molar-refractivity contribution < 1.29 is 9.53 Å². The van der Waals surface area contributed by atoms with Gasteiger partial charge in [0.25, 0.3) is 5.91 Å². The summed E-state index contributed by atoms with van der Waals surface area (Å²) in [6.45, 7) is 0.736. The highest BCUT2D eigenvalue weighted by molar-refractivity contribution is 9.10. The van der Waals surface area contributed by atoms with Crippen LogP contribution in [0.15, 0.2) is 22.7 Å². The first-order chi connectivity index (χ1) is 9.10. The molecule has 2 unspecified atom stereocenters. The van der Waals surface area contributed by atoms with Crippen molar-refractivity contribution >= 4 is 37.8 Å². The van der Waals surface area contributed by atoms with Gasteiger partial charge >= 0.3 is 0 Å². The normalized spacial score (nSPS) is 22.3. The second-order valence-electron chi connectivity index (χ2n) is 4.83. The Morgan fingerprint density at radius 2 is 2.26 bits per heavy atom. The molecular formula is C14H17Br2NO2. The molecule has 0 aromatic heterocycles. The Hall–Kier alpha value is -0.550. The summed E-state index contributed by atoms with van der Waals surface area (Å²) in [7, 11) is 1.57. The van der Waals surface area contributed by atoms with Crippen LogP contribution in [0.1, 0.15) is 29.6 Å². The van der Waals surface area contributed by atoms with Crippen LogP contribution in [-0.4, -0.2) is 24.4 Å². The van der Waals surface area contributed by atoms with E-state index >= 15 is 0 Å². The lowest BCUT2D eigenvalue weighted by molar-refractivity contribution is 0.0944. The summed E-state index contributed by atoms with van der Waals surface area (Å²) in [5.41, 5.74) is 0.582. The molecule has 1 aliphatic rings. The molecular weight excluding hydrogens is 374 g/mol. The molecule has 1 aromatic rings. The molecule has 1 aromatic carbocycles. The number of halogens is 2. The molecule has 1 aliphatic carbocycles. The zero-order valence-electron chi connectivity index (χ0n) is 10.8. The van der Waals surface area contributed by atoms with E-state index in [9.17, 15) is 4.79 Å². The van der Waals surface area contributed by atoms with Gasteiger partial charge in [0.05, 0.1) is 12.7 Å². The van der Waals surface area contributed by atoms with Gasteiger partial charge in [-0.1, -0.05) is 31.9 Å². The molecule has 19 heavy (non-hydrogen) atoms.